The van der Waals surface area contributed by atoms with Crippen LogP contribution in [-0.2, 0) is 12.0 Å². The lowest BCUT2D eigenvalue weighted by molar-refractivity contribution is 0.0468. The summed E-state index contributed by atoms with van der Waals surface area (Å²) in [6.45, 7) is 11.5. The van der Waals surface area contributed by atoms with Crippen molar-refractivity contribution in [1.29, 1.82) is 0 Å². The first-order valence-corrected chi connectivity index (χ1v) is 10.5. The number of ether oxygens (including phenoxy) is 1. The van der Waals surface area contributed by atoms with Crippen molar-refractivity contribution in [3.8, 4) is 28.7 Å². The Morgan fingerprint density at radius 1 is 1.16 bits per heavy atom. The number of benzene rings is 2. The Hall–Kier alpha value is -3.41. The van der Waals surface area contributed by atoms with E-state index in [1.807, 2.05) is 20.8 Å². The maximum Gasteiger partial charge on any atom is 0.174 e. The Bertz CT molecular complexity index is 1090. The van der Waals surface area contributed by atoms with Gasteiger partial charge in [-0.2, -0.15) is 0 Å². The van der Waals surface area contributed by atoms with Crippen LogP contribution in [0.1, 0.15) is 62.0 Å². The van der Waals surface area contributed by atoms with Crippen molar-refractivity contribution < 1.29 is 30.0 Å². The van der Waals surface area contributed by atoms with Gasteiger partial charge in [-0.1, -0.05) is 29.9 Å². The van der Waals surface area contributed by atoms with Crippen molar-refractivity contribution in [3.05, 3.63) is 64.8 Å². The number of carbonyl (C=O) groups excluding carboxylic acids is 1. The van der Waals surface area contributed by atoms with E-state index in [0.717, 1.165) is 11.1 Å². The third-order valence-electron chi connectivity index (χ3n) is 5.97. The zero-order valence-electron chi connectivity index (χ0n) is 18.9. The minimum absolute atomic E-state index is 0.00123. The summed E-state index contributed by atoms with van der Waals surface area (Å²) in [5.74, 6) is -1.36. The zero-order valence-corrected chi connectivity index (χ0v) is 18.9. The van der Waals surface area contributed by atoms with Crippen LogP contribution in [0.3, 0.4) is 0 Å². The van der Waals surface area contributed by atoms with Gasteiger partial charge in [0.05, 0.1) is 12.0 Å². The van der Waals surface area contributed by atoms with Gasteiger partial charge in [-0.15, -0.1) is 0 Å². The molecule has 0 bridgehead atoms. The fourth-order valence-electron chi connectivity index (χ4n) is 4.19. The minimum atomic E-state index is -1.37. The fraction of sp³-hybridized carbons (Fsp3) is 0.346. The highest BCUT2D eigenvalue weighted by Gasteiger charge is 2.43. The largest absolute Gasteiger partial charge is 0.507 e. The number of hydrogen-bond donors (Lipinski definition) is 4. The van der Waals surface area contributed by atoms with Crippen molar-refractivity contribution in [1.82, 2.24) is 0 Å². The molecule has 0 saturated heterocycles. The van der Waals surface area contributed by atoms with Crippen LogP contribution in [0.15, 0.2) is 48.1 Å². The first-order valence-electron chi connectivity index (χ1n) is 10.5. The number of aromatic hydroxyl groups is 4. The van der Waals surface area contributed by atoms with E-state index in [0.29, 0.717) is 12.8 Å². The van der Waals surface area contributed by atoms with Gasteiger partial charge in [-0.25, -0.2) is 0 Å². The Labute approximate surface area is 188 Å². The average Bonchev–Trinajstić information content (AvgIpc) is 2.65. The van der Waals surface area contributed by atoms with Gasteiger partial charge in [0.15, 0.2) is 5.78 Å². The van der Waals surface area contributed by atoms with E-state index >= 15 is 0 Å². The first-order chi connectivity index (χ1) is 14.9. The fourth-order valence-corrected chi connectivity index (χ4v) is 4.19. The van der Waals surface area contributed by atoms with E-state index in [-0.39, 0.29) is 57.8 Å². The van der Waals surface area contributed by atoms with Gasteiger partial charge < -0.3 is 25.2 Å². The molecule has 1 aliphatic rings. The van der Waals surface area contributed by atoms with Crippen molar-refractivity contribution in [2.45, 2.75) is 52.6 Å². The maximum atomic E-state index is 13.1. The molecule has 6 nitrogen and oxygen atoms in total. The quantitative estimate of drug-likeness (QED) is 0.445. The SMILES string of the molecule is C=C(C)[C@H](CC=C(C)C)Cc1c(O)cc2c(c1O)C(=O)C[C@@](C)(c1c(O)cccc1O)O2. The smallest absolute Gasteiger partial charge is 0.174 e. The average molecular weight is 439 g/mol. The second kappa shape index (κ2) is 8.61. The van der Waals surface area contributed by atoms with Gasteiger partial charge in [0.25, 0.3) is 0 Å². The molecule has 0 saturated carbocycles. The topological polar surface area (TPSA) is 107 Å². The zero-order chi connectivity index (χ0) is 23.8. The van der Waals surface area contributed by atoms with Crippen molar-refractivity contribution in [2.75, 3.05) is 0 Å². The molecule has 2 atom stereocenters. The number of phenolic OH excluding ortho intramolecular Hbond substituents is 4. The van der Waals surface area contributed by atoms with Gasteiger partial charge >= 0.3 is 0 Å². The van der Waals surface area contributed by atoms with Gasteiger partial charge in [-0.3, -0.25) is 4.79 Å². The number of fused-ring (bicyclic) bond motifs is 1. The van der Waals surface area contributed by atoms with E-state index in [1.165, 1.54) is 24.3 Å². The van der Waals surface area contributed by atoms with Crippen LogP contribution in [0.2, 0.25) is 0 Å². The molecular formula is C26H30O6. The molecule has 0 aromatic heterocycles. The molecule has 3 rings (SSSR count). The number of carbonyl (C=O) groups is 1. The van der Waals surface area contributed by atoms with Crippen LogP contribution in [0.25, 0.3) is 0 Å². The molecule has 1 aliphatic heterocycles. The number of rotatable bonds is 6. The summed E-state index contributed by atoms with van der Waals surface area (Å²) >= 11 is 0. The minimum Gasteiger partial charge on any atom is -0.507 e. The van der Waals surface area contributed by atoms with Gasteiger partial charge in [-0.05, 0) is 58.6 Å². The Morgan fingerprint density at radius 3 is 2.34 bits per heavy atom. The van der Waals surface area contributed by atoms with Crippen LogP contribution in [-0.4, -0.2) is 26.2 Å². The molecule has 1 heterocycles. The summed E-state index contributed by atoms with van der Waals surface area (Å²) in [4.78, 5) is 13.1. The lowest BCUT2D eigenvalue weighted by Crippen LogP contribution is -2.37. The van der Waals surface area contributed by atoms with E-state index in [9.17, 15) is 25.2 Å². The molecule has 0 amide bonds. The molecule has 0 unspecified atom stereocenters. The Balaban J connectivity index is 2.03. The molecule has 6 heteroatoms. The monoisotopic (exact) mass is 438 g/mol. The third kappa shape index (κ3) is 4.31. The molecule has 0 spiro atoms. The molecule has 2 aromatic carbocycles. The standard InChI is InChI=1S/C26H30O6/c1-14(2)9-10-16(15(3)4)11-17-20(29)12-22-23(25(17)31)21(30)13-26(5,32-22)24-18(27)7-6-8-19(24)28/h6-9,12,16,27-29,31H,3,10-11,13H2,1-2,4-5H3/t16-,26+/m1/s1. The second-order valence-electron chi connectivity index (χ2n) is 8.96. The van der Waals surface area contributed by atoms with Gasteiger partial charge in [0.2, 0.25) is 0 Å². The number of hydrogen-bond acceptors (Lipinski definition) is 6. The molecule has 0 aliphatic carbocycles. The van der Waals surface area contributed by atoms with Crippen molar-refractivity contribution >= 4 is 5.78 Å². The second-order valence-corrected chi connectivity index (χ2v) is 8.96. The van der Waals surface area contributed by atoms with E-state index < -0.39 is 11.4 Å². The van der Waals surface area contributed by atoms with Crippen LogP contribution < -0.4 is 4.74 Å². The molecule has 170 valence electrons. The Kier molecular flexibility index (Phi) is 6.26. The molecule has 2 aromatic rings. The van der Waals surface area contributed by atoms with Gasteiger partial charge in [0.1, 0.15) is 39.9 Å². The predicted molar refractivity (Wildman–Crippen MR) is 123 cm³/mol. The summed E-state index contributed by atoms with van der Waals surface area (Å²) in [6.07, 6.45) is 2.88. The summed E-state index contributed by atoms with van der Waals surface area (Å²) in [7, 11) is 0. The Morgan fingerprint density at radius 2 is 1.78 bits per heavy atom. The lowest BCUT2D eigenvalue weighted by atomic mass is 9.82. The molecule has 32 heavy (non-hydrogen) atoms. The summed E-state index contributed by atoms with van der Waals surface area (Å²) in [6, 6.07) is 5.58. The number of phenols is 4. The maximum absolute atomic E-state index is 13.1. The van der Waals surface area contributed by atoms with Crippen molar-refractivity contribution in [2.24, 2.45) is 5.92 Å². The predicted octanol–water partition coefficient (Wildman–Crippen LogP) is 5.48. The molecular weight excluding hydrogens is 408 g/mol. The van der Waals surface area contributed by atoms with Crippen LogP contribution in [0.5, 0.6) is 28.7 Å². The van der Waals surface area contributed by atoms with E-state index in [4.69, 9.17) is 4.74 Å². The van der Waals surface area contributed by atoms with E-state index in [2.05, 4.69) is 12.7 Å². The molecule has 4 N–H and O–H groups in total. The van der Waals surface area contributed by atoms with E-state index in [1.54, 1.807) is 6.92 Å². The summed E-state index contributed by atoms with van der Waals surface area (Å²) < 4.78 is 6.00. The molecule has 0 radical (unpaired) electrons. The first kappa shape index (κ1) is 23.3. The highest BCUT2D eigenvalue weighted by Crippen LogP contribution is 2.50. The van der Waals surface area contributed by atoms with Crippen molar-refractivity contribution in [3.63, 3.8) is 0 Å². The van der Waals surface area contributed by atoms with Gasteiger partial charge in [0, 0.05) is 11.6 Å². The lowest BCUT2D eigenvalue weighted by Gasteiger charge is -2.36. The normalized spacial score (nSPS) is 18.4. The number of allylic oxidation sites excluding steroid dienone is 3. The summed E-state index contributed by atoms with van der Waals surface area (Å²) in [5.41, 5.74) is 1.03. The number of Topliss-reactive ketones (excluding diaryl/α,β-unsaturated/α-hetero) is 1. The number of ketones is 1. The van der Waals surface area contributed by atoms with Crippen LogP contribution in [0, 0.1) is 5.92 Å². The summed E-state index contributed by atoms with van der Waals surface area (Å²) in [5, 5.41) is 42.2. The molecule has 0 fully saturated rings. The van der Waals surface area contributed by atoms with Crippen LogP contribution >= 0.6 is 0 Å². The third-order valence-corrected chi connectivity index (χ3v) is 5.97. The van der Waals surface area contributed by atoms with Crippen LogP contribution in [0.4, 0.5) is 0 Å². The highest BCUT2D eigenvalue weighted by molar-refractivity contribution is 6.03. The highest BCUT2D eigenvalue weighted by atomic mass is 16.5.